The van der Waals surface area contributed by atoms with Crippen molar-refractivity contribution in [2.75, 3.05) is 16.5 Å². The SMILES string of the molecule is CC(C)(C)c1cc(N2CN(c3cccc(Oc4cccc(-n5cc(C(C)(C)c6ccccc6)cn5)c4)c3)c3ccccc32)cc(C(C)(C)C)c1. The predicted octanol–water partition coefficient (Wildman–Crippen LogP) is 11.8. The molecule has 5 heteroatoms. The Kier molecular flexibility index (Phi) is 8.34. The number of hydrogen-bond acceptors (Lipinski definition) is 4. The Labute approximate surface area is 297 Å². The highest BCUT2D eigenvalue weighted by Crippen LogP contribution is 2.46. The third-order valence-electron chi connectivity index (χ3n) is 9.95. The van der Waals surface area contributed by atoms with Gasteiger partial charge in [0, 0.05) is 40.7 Å². The van der Waals surface area contributed by atoms with Crippen molar-refractivity contribution in [2.45, 2.75) is 71.6 Å². The van der Waals surface area contributed by atoms with Gasteiger partial charge in [0.25, 0.3) is 0 Å². The molecule has 0 aliphatic carbocycles. The molecule has 0 fully saturated rings. The van der Waals surface area contributed by atoms with E-state index >= 15 is 0 Å². The van der Waals surface area contributed by atoms with Crippen molar-refractivity contribution in [3.8, 4) is 17.2 Å². The van der Waals surface area contributed by atoms with Crippen LogP contribution in [0, 0.1) is 0 Å². The number of nitrogens with zero attached hydrogens (tertiary/aromatic N) is 4. The van der Waals surface area contributed by atoms with Crippen LogP contribution in [0.15, 0.2) is 134 Å². The monoisotopic (exact) mass is 660 g/mol. The van der Waals surface area contributed by atoms with Crippen molar-refractivity contribution < 1.29 is 4.74 Å². The minimum absolute atomic E-state index is 0.0381. The topological polar surface area (TPSA) is 33.5 Å². The number of anilines is 4. The van der Waals surface area contributed by atoms with Crippen molar-refractivity contribution in [1.82, 2.24) is 9.78 Å². The summed E-state index contributed by atoms with van der Waals surface area (Å²) in [5, 5.41) is 4.73. The second-order valence-corrected chi connectivity index (χ2v) is 16.0. The van der Waals surface area contributed by atoms with Gasteiger partial charge in [0.05, 0.1) is 23.3 Å². The normalized spacial score (nSPS) is 13.4. The van der Waals surface area contributed by atoms with E-state index in [0.717, 1.165) is 28.4 Å². The molecule has 1 aliphatic heterocycles. The Hall–Kier alpha value is -5.29. The van der Waals surface area contributed by atoms with Crippen molar-refractivity contribution in [2.24, 2.45) is 0 Å². The van der Waals surface area contributed by atoms with Crippen LogP contribution < -0.4 is 14.5 Å². The minimum Gasteiger partial charge on any atom is -0.457 e. The maximum absolute atomic E-state index is 6.51. The summed E-state index contributed by atoms with van der Waals surface area (Å²) < 4.78 is 8.44. The summed E-state index contributed by atoms with van der Waals surface area (Å²) in [7, 11) is 0. The average Bonchev–Trinajstić information content (AvgIpc) is 3.75. The first-order chi connectivity index (χ1) is 23.8. The smallest absolute Gasteiger partial charge is 0.129 e. The molecule has 50 heavy (non-hydrogen) atoms. The molecule has 0 unspecified atom stereocenters. The van der Waals surface area contributed by atoms with E-state index in [1.165, 1.54) is 33.8 Å². The van der Waals surface area contributed by atoms with Crippen LogP contribution in [-0.2, 0) is 16.2 Å². The molecule has 0 atom stereocenters. The summed E-state index contributed by atoms with van der Waals surface area (Å²) in [5.74, 6) is 1.54. The van der Waals surface area contributed by atoms with Crippen LogP contribution in [0.5, 0.6) is 11.5 Å². The zero-order chi connectivity index (χ0) is 35.3. The molecule has 0 saturated heterocycles. The largest absolute Gasteiger partial charge is 0.457 e. The van der Waals surface area contributed by atoms with Gasteiger partial charge in [-0.05, 0) is 76.1 Å². The molecule has 2 heterocycles. The standard InChI is InChI=1S/C45H48N4O/c1-43(2,3)33-24-34(44(4,5)6)26-38(25-33)48-31-47(41-22-12-13-23-42(41)48)36-18-14-20-39(27-36)50-40-21-15-19-37(28-40)49-30-35(29-46-49)45(7,8)32-16-10-9-11-17-32/h9-30H,31H2,1-8H3. The lowest BCUT2D eigenvalue weighted by Crippen LogP contribution is -2.25. The molecular weight excluding hydrogens is 613 g/mol. The molecule has 0 spiro atoms. The molecule has 6 aromatic rings. The number of hydrogen-bond donors (Lipinski definition) is 0. The molecule has 7 rings (SSSR count). The van der Waals surface area contributed by atoms with Crippen molar-refractivity contribution in [3.63, 3.8) is 0 Å². The predicted molar refractivity (Wildman–Crippen MR) is 208 cm³/mol. The lowest BCUT2D eigenvalue weighted by molar-refractivity contribution is 0.482. The average molecular weight is 661 g/mol. The second-order valence-electron chi connectivity index (χ2n) is 16.0. The van der Waals surface area contributed by atoms with Gasteiger partial charge in [-0.25, -0.2) is 4.68 Å². The van der Waals surface area contributed by atoms with E-state index in [4.69, 9.17) is 9.84 Å². The minimum atomic E-state index is -0.165. The number of fused-ring (bicyclic) bond motifs is 1. The fraction of sp³-hybridized carbons (Fsp3) is 0.267. The van der Waals surface area contributed by atoms with Gasteiger partial charge in [-0.15, -0.1) is 0 Å². The van der Waals surface area contributed by atoms with Gasteiger partial charge in [-0.1, -0.05) is 116 Å². The maximum Gasteiger partial charge on any atom is 0.129 e. The van der Waals surface area contributed by atoms with Crippen LogP contribution in [-0.4, -0.2) is 16.4 Å². The maximum atomic E-state index is 6.51. The van der Waals surface area contributed by atoms with Gasteiger partial charge in [-0.3, -0.25) is 0 Å². The van der Waals surface area contributed by atoms with Gasteiger partial charge in [-0.2, -0.15) is 5.10 Å². The summed E-state index contributed by atoms with van der Waals surface area (Å²) in [6, 6.07) is 42.9. The van der Waals surface area contributed by atoms with E-state index in [9.17, 15) is 0 Å². The van der Waals surface area contributed by atoms with E-state index in [1.807, 2.05) is 35.1 Å². The molecule has 0 N–H and O–H groups in total. The van der Waals surface area contributed by atoms with Crippen LogP contribution in [0.1, 0.15) is 77.6 Å². The van der Waals surface area contributed by atoms with Crippen molar-refractivity contribution >= 4 is 22.7 Å². The number of rotatable bonds is 7. The first-order valence-electron chi connectivity index (χ1n) is 17.6. The lowest BCUT2D eigenvalue weighted by atomic mass is 9.80. The first-order valence-corrected chi connectivity index (χ1v) is 17.6. The van der Waals surface area contributed by atoms with Crippen molar-refractivity contribution in [1.29, 1.82) is 0 Å². The lowest BCUT2D eigenvalue weighted by Gasteiger charge is -2.29. The van der Waals surface area contributed by atoms with Gasteiger partial charge < -0.3 is 14.5 Å². The van der Waals surface area contributed by atoms with Crippen LogP contribution >= 0.6 is 0 Å². The number of ether oxygens (including phenoxy) is 1. The Balaban J connectivity index is 1.15. The Bertz CT molecular complexity index is 2100. The quantitative estimate of drug-likeness (QED) is 0.171. The molecule has 0 amide bonds. The summed E-state index contributed by atoms with van der Waals surface area (Å²) in [6.45, 7) is 18.9. The van der Waals surface area contributed by atoms with Gasteiger partial charge in [0.1, 0.15) is 18.2 Å². The van der Waals surface area contributed by atoms with Crippen molar-refractivity contribution in [3.05, 3.63) is 156 Å². The van der Waals surface area contributed by atoms with Gasteiger partial charge in [0.15, 0.2) is 0 Å². The highest BCUT2D eigenvalue weighted by Gasteiger charge is 2.30. The molecular formula is C45H48N4O. The second kappa shape index (κ2) is 12.5. The summed E-state index contributed by atoms with van der Waals surface area (Å²) in [5.41, 5.74) is 10.6. The third-order valence-corrected chi connectivity index (χ3v) is 9.95. The number of aromatic nitrogens is 2. The molecule has 0 saturated carbocycles. The van der Waals surface area contributed by atoms with Gasteiger partial charge >= 0.3 is 0 Å². The molecule has 1 aliphatic rings. The Morgan fingerprint density at radius 1 is 0.500 bits per heavy atom. The Morgan fingerprint density at radius 3 is 1.64 bits per heavy atom. The number of benzene rings is 5. The van der Waals surface area contributed by atoms with Crippen LogP contribution in [0.4, 0.5) is 22.7 Å². The fourth-order valence-corrected chi connectivity index (χ4v) is 6.64. The van der Waals surface area contributed by atoms with Crippen LogP contribution in [0.3, 0.4) is 0 Å². The molecule has 5 nitrogen and oxygen atoms in total. The molecule has 254 valence electrons. The van der Waals surface area contributed by atoms with Gasteiger partial charge in [0.2, 0.25) is 0 Å². The summed E-state index contributed by atoms with van der Waals surface area (Å²) in [4.78, 5) is 4.81. The molecule has 1 aromatic heterocycles. The highest BCUT2D eigenvalue weighted by molar-refractivity contribution is 5.87. The first kappa shape index (κ1) is 33.2. The zero-order valence-electron chi connectivity index (χ0n) is 30.6. The van der Waals surface area contributed by atoms with E-state index < -0.39 is 0 Å². The van der Waals surface area contributed by atoms with Crippen LogP contribution in [0.25, 0.3) is 5.69 Å². The van der Waals surface area contributed by atoms with Crippen LogP contribution in [0.2, 0.25) is 0 Å². The van der Waals surface area contributed by atoms with E-state index in [2.05, 4.69) is 168 Å². The third kappa shape index (κ3) is 6.53. The Morgan fingerprint density at radius 2 is 1.04 bits per heavy atom. The summed E-state index contributed by atoms with van der Waals surface area (Å²) in [6.07, 6.45) is 4.08. The fourth-order valence-electron chi connectivity index (χ4n) is 6.64. The van der Waals surface area contributed by atoms with E-state index in [-0.39, 0.29) is 16.2 Å². The molecule has 5 aromatic carbocycles. The molecule has 0 radical (unpaired) electrons. The van der Waals surface area contributed by atoms with E-state index in [0.29, 0.717) is 6.67 Å². The highest BCUT2D eigenvalue weighted by atomic mass is 16.5. The number of para-hydroxylation sites is 2. The van der Waals surface area contributed by atoms with E-state index in [1.54, 1.807) is 0 Å². The zero-order valence-corrected chi connectivity index (χ0v) is 30.6. The molecule has 0 bridgehead atoms. The summed E-state index contributed by atoms with van der Waals surface area (Å²) >= 11 is 0.